The molecule has 2 aromatic heterocycles. The fourth-order valence-electron chi connectivity index (χ4n) is 2.90. The third-order valence-electron chi connectivity index (χ3n) is 4.26. The van der Waals surface area contributed by atoms with Crippen LogP contribution in [0.25, 0.3) is 11.3 Å². The van der Waals surface area contributed by atoms with Crippen LogP contribution in [0, 0.1) is 0 Å². The molecule has 0 aliphatic heterocycles. The van der Waals surface area contributed by atoms with Crippen molar-refractivity contribution < 1.29 is 9.26 Å². The van der Waals surface area contributed by atoms with Crippen LogP contribution < -0.4 is 5.73 Å². The number of nitrogen functional groups attached to an aromatic ring is 1. The first kappa shape index (κ1) is 17.0. The van der Waals surface area contributed by atoms with Gasteiger partial charge in [0.25, 0.3) is 0 Å². The molecule has 2 aromatic carbocycles. The number of nitrogens with zero attached hydrogens (tertiary/aromatic N) is 2. The number of hydrogen-bond donors (Lipinski definition) is 1. The van der Waals surface area contributed by atoms with E-state index in [-0.39, 0.29) is 6.10 Å². The molecule has 1 unspecified atom stereocenters. The zero-order valence-corrected chi connectivity index (χ0v) is 14.7. The molecule has 2 heterocycles. The minimum atomic E-state index is -0.346. The van der Waals surface area contributed by atoms with Crippen molar-refractivity contribution >= 4 is 5.82 Å². The van der Waals surface area contributed by atoms with Crippen LogP contribution in [0.4, 0.5) is 5.82 Å². The molecule has 5 heteroatoms. The van der Waals surface area contributed by atoms with Gasteiger partial charge in [0, 0.05) is 12.3 Å². The number of aromatic nitrogens is 2. The average molecular weight is 357 g/mol. The maximum Gasteiger partial charge on any atom is 0.170 e. The summed E-state index contributed by atoms with van der Waals surface area (Å²) in [5.74, 6) is 0.974. The second-order valence-corrected chi connectivity index (χ2v) is 6.14. The molecule has 2 N–H and O–H groups in total. The maximum atomic E-state index is 6.21. The molecule has 0 saturated heterocycles. The molecule has 0 amide bonds. The molecule has 1 atom stereocenters. The largest absolute Gasteiger partial charge is 0.383 e. The van der Waals surface area contributed by atoms with Gasteiger partial charge in [0.1, 0.15) is 17.6 Å². The van der Waals surface area contributed by atoms with Crippen LogP contribution in [-0.4, -0.2) is 10.1 Å². The summed E-state index contributed by atoms with van der Waals surface area (Å²) in [7, 11) is 0. The van der Waals surface area contributed by atoms with E-state index in [4.69, 9.17) is 15.0 Å². The van der Waals surface area contributed by atoms with Gasteiger partial charge in [-0.15, -0.1) is 0 Å². The fraction of sp³-hybridized carbons (Fsp3) is 0.0909. The number of ether oxygens (including phenoxy) is 1. The van der Waals surface area contributed by atoms with E-state index in [1.54, 1.807) is 6.20 Å². The second-order valence-electron chi connectivity index (χ2n) is 6.14. The molecule has 4 aromatic rings. The van der Waals surface area contributed by atoms with E-state index in [0.29, 0.717) is 29.4 Å². The van der Waals surface area contributed by atoms with E-state index in [1.165, 1.54) is 0 Å². The Labute approximate surface area is 157 Å². The van der Waals surface area contributed by atoms with E-state index in [2.05, 4.69) is 10.1 Å². The van der Waals surface area contributed by atoms with Crippen molar-refractivity contribution in [3.63, 3.8) is 0 Å². The average Bonchev–Trinajstić information content (AvgIpc) is 3.20. The third-order valence-corrected chi connectivity index (χ3v) is 4.26. The van der Waals surface area contributed by atoms with Crippen molar-refractivity contribution in [2.24, 2.45) is 0 Å². The molecular formula is C22H19N3O2. The molecule has 0 spiro atoms. The van der Waals surface area contributed by atoms with Gasteiger partial charge in [-0.25, -0.2) is 4.98 Å². The Bertz CT molecular complexity index is 1000. The van der Waals surface area contributed by atoms with Gasteiger partial charge in [-0.2, -0.15) is 0 Å². The van der Waals surface area contributed by atoms with Crippen molar-refractivity contribution in [2.45, 2.75) is 12.7 Å². The van der Waals surface area contributed by atoms with E-state index in [9.17, 15) is 0 Å². The van der Waals surface area contributed by atoms with Crippen LogP contribution in [0.3, 0.4) is 0 Å². The quantitative estimate of drug-likeness (QED) is 0.545. The SMILES string of the molecule is Nc1ncccc1-c1cc(C(OCc2ccccc2)c2ccccc2)no1. The lowest BCUT2D eigenvalue weighted by Crippen LogP contribution is -2.07. The lowest BCUT2D eigenvalue weighted by molar-refractivity contribution is 0.0619. The number of benzene rings is 2. The summed E-state index contributed by atoms with van der Waals surface area (Å²) in [5.41, 5.74) is 9.46. The summed E-state index contributed by atoms with van der Waals surface area (Å²) in [5, 5.41) is 4.24. The van der Waals surface area contributed by atoms with Gasteiger partial charge in [-0.3, -0.25) is 0 Å². The van der Waals surface area contributed by atoms with Crippen LogP contribution in [0.15, 0.2) is 89.6 Å². The smallest absolute Gasteiger partial charge is 0.170 e. The molecule has 0 fully saturated rings. The molecule has 27 heavy (non-hydrogen) atoms. The molecule has 5 nitrogen and oxygen atoms in total. The first-order valence-corrected chi connectivity index (χ1v) is 8.69. The normalized spacial score (nSPS) is 12.0. The Hall–Kier alpha value is -3.44. The molecule has 0 radical (unpaired) electrons. The molecule has 4 rings (SSSR count). The Kier molecular flexibility index (Phi) is 4.94. The summed E-state index contributed by atoms with van der Waals surface area (Å²) in [6.07, 6.45) is 1.30. The highest BCUT2D eigenvalue weighted by atomic mass is 16.5. The third kappa shape index (κ3) is 3.88. The van der Waals surface area contributed by atoms with Gasteiger partial charge in [0.15, 0.2) is 5.76 Å². The van der Waals surface area contributed by atoms with E-state index < -0.39 is 0 Å². The van der Waals surface area contributed by atoms with Crippen molar-refractivity contribution in [1.29, 1.82) is 0 Å². The monoisotopic (exact) mass is 357 g/mol. The van der Waals surface area contributed by atoms with Crippen LogP contribution in [0.2, 0.25) is 0 Å². The fourth-order valence-corrected chi connectivity index (χ4v) is 2.90. The summed E-state index contributed by atoms with van der Waals surface area (Å²) in [4.78, 5) is 4.10. The van der Waals surface area contributed by atoms with Crippen molar-refractivity contribution in [3.8, 4) is 11.3 Å². The van der Waals surface area contributed by atoms with Crippen molar-refractivity contribution in [2.75, 3.05) is 5.73 Å². The predicted molar refractivity (Wildman–Crippen MR) is 104 cm³/mol. The molecule has 0 bridgehead atoms. The van der Waals surface area contributed by atoms with E-state index >= 15 is 0 Å². The lowest BCUT2D eigenvalue weighted by atomic mass is 10.1. The van der Waals surface area contributed by atoms with E-state index in [1.807, 2.05) is 78.9 Å². The minimum absolute atomic E-state index is 0.346. The van der Waals surface area contributed by atoms with Crippen LogP contribution in [-0.2, 0) is 11.3 Å². The molecular weight excluding hydrogens is 338 g/mol. The summed E-state index contributed by atoms with van der Waals surface area (Å²) in [6, 6.07) is 25.5. The highest BCUT2D eigenvalue weighted by molar-refractivity contribution is 5.69. The van der Waals surface area contributed by atoms with Crippen LogP contribution >= 0.6 is 0 Å². The highest BCUT2D eigenvalue weighted by Crippen LogP contribution is 2.31. The summed E-state index contributed by atoms with van der Waals surface area (Å²) in [6.45, 7) is 0.470. The zero-order valence-electron chi connectivity index (χ0n) is 14.7. The maximum absolute atomic E-state index is 6.21. The number of hydrogen-bond acceptors (Lipinski definition) is 5. The predicted octanol–water partition coefficient (Wildman–Crippen LogP) is 4.63. The molecule has 0 aliphatic carbocycles. The van der Waals surface area contributed by atoms with Crippen LogP contribution in [0.1, 0.15) is 22.9 Å². The second kappa shape index (κ2) is 7.85. The van der Waals surface area contributed by atoms with Crippen molar-refractivity contribution in [3.05, 3.63) is 102 Å². The zero-order chi connectivity index (χ0) is 18.5. The first-order chi connectivity index (χ1) is 13.3. The Morgan fingerprint density at radius 2 is 1.67 bits per heavy atom. The summed E-state index contributed by atoms with van der Waals surface area (Å²) >= 11 is 0. The topological polar surface area (TPSA) is 74.2 Å². The summed E-state index contributed by atoms with van der Waals surface area (Å²) < 4.78 is 11.7. The van der Waals surface area contributed by atoms with Gasteiger partial charge in [0.2, 0.25) is 0 Å². The highest BCUT2D eigenvalue weighted by Gasteiger charge is 2.21. The Balaban J connectivity index is 1.64. The van der Waals surface area contributed by atoms with E-state index in [0.717, 1.165) is 11.1 Å². The van der Waals surface area contributed by atoms with Gasteiger partial charge in [-0.05, 0) is 23.3 Å². The van der Waals surface area contributed by atoms with Crippen LogP contribution in [0.5, 0.6) is 0 Å². The first-order valence-electron chi connectivity index (χ1n) is 8.69. The minimum Gasteiger partial charge on any atom is -0.383 e. The number of nitrogens with two attached hydrogens (primary N) is 1. The van der Waals surface area contributed by atoms with Gasteiger partial charge >= 0.3 is 0 Å². The number of pyridine rings is 1. The number of anilines is 1. The lowest BCUT2D eigenvalue weighted by Gasteiger charge is -2.16. The molecule has 0 saturated carbocycles. The molecule has 134 valence electrons. The standard InChI is InChI=1S/C22H19N3O2/c23-22-18(12-7-13-24-22)20-14-19(25-27-20)21(17-10-5-2-6-11-17)26-15-16-8-3-1-4-9-16/h1-14,21H,15H2,(H2,23,24). The number of rotatable bonds is 6. The Morgan fingerprint density at radius 1 is 0.926 bits per heavy atom. The van der Waals surface area contributed by atoms with Gasteiger partial charge in [-0.1, -0.05) is 65.8 Å². The van der Waals surface area contributed by atoms with Crippen molar-refractivity contribution in [1.82, 2.24) is 10.1 Å². The Morgan fingerprint density at radius 3 is 2.41 bits per heavy atom. The van der Waals surface area contributed by atoms with Gasteiger partial charge in [0.05, 0.1) is 12.2 Å². The molecule has 0 aliphatic rings. The van der Waals surface area contributed by atoms with Gasteiger partial charge < -0.3 is 15.0 Å².